The van der Waals surface area contributed by atoms with Gasteiger partial charge in [0.15, 0.2) is 6.23 Å². The van der Waals surface area contributed by atoms with Crippen molar-refractivity contribution >= 4 is 11.9 Å². The van der Waals surface area contributed by atoms with E-state index in [1.165, 1.54) is 0 Å². The molecular formula is C18H19NO3. The fourth-order valence-electron chi connectivity index (χ4n) is 2.00. The van der Waals surface area contributed by atoms with Gasteiger partial charge >= 0.3 is 5.97 Å². The number of aryl methyl sites for hydroxylation is 1. The zero-order valence-electron chi connectivity index (χ0n) is 12.7. The van der Waals surface area contributed by atoms with Crippen LogP contribution in [0.25, 0.3) is 0 Å². The summed E-state index contributed by atoms with van der Waals surface area (Å²) in [6, 6.07) is 16.0. The molecule has 4 heteroatoms. The van der Waals surface area contributed by atoms with Crippen LogP contribution in [0.5, 0.6) is 0 Å². The molecule has 0 aliphatic heterocycles. The third kappa shape index (κ3) is 4.19. The van der Waals surface area contributed by atoms with Crippen LogP contribution in [-0.4, -0.2) is 18.1 Å². The number of hydrogen-bond donors (Lipinski definition) is 1. The number of rotatable bonds is 5. The van der Waals surface area contributed by atoms with Gasteiger partial charge in [-0.1, -0.05) is 42.8 Å². The molecule has 114 valence electrons. The van der Waals surface area contributed by atoms with Crippen molar-refractivity contribution in [2.75, 3.05) is 0 Å². The van der Waals surface area contributed by atoms with Gasteiger partial charge in [0.2, 0.25) is 0 Å². The lowest BCUT2D eigenvalue weighted by Crippen LogP contribution is -2.37. The molecule has 0 heterocycles. The number of carbonyl (C=O) groups is 2. The van der Waals surface area contributed by atoms with Gasteiger partial charge in [-0.25, -0.2) is 4.79 Å². The van der Waals surface area contributed by atoms with E-state index in [0.717, 1.165) is 5.56 Å². The minimum Gasteiger partial charge on any atom is -0.438 e. The highest BCUT2D eigenvalue weighted by Gasteiger charge is 2.17. The van der Waals surface area contributed by atoms with E-state index in [2.05, 4.69) is 5.32 Å². The highest BCUT2D eigenvalue weighted by Crippen LogP contribution is 2.08. The van der Waals surface area contributed by atoms with E-state index >= 15 is 0 Å². The van der Waals surface area contributed by atoms with Gasteiger partial charge in [-0.2, -0.15) is 0 Å². The van der Waals surface area contributed by atoms with Crippen LogP contribution in [0.4, 0.5) is 0 Å². The van der Waals surface area contributed by atoms with Gasteiger partial charge in [-0.05, 0) is 31.2 Å². The lowest BCUT2D eigenvalue weighted by Gasteiger charge is -2.18. The van der Waals surface area contributed by atoms with Crippen molar-refractivity contribution in [1.29, 1.82) is 0 Å². The zero-order valence-corrected chi connectivity index (χ0v) is 12.7. The molecule has 1 unspecified atom stereocenters. The summed E-state index contributed by atoms with van der Waals surface area (Å²) in [4.78, 5) is 24.2. The number of benzene rings is 2. The van der Waals surface area contributed by atoms with Crippen molar-refractivity contribution in [2.45, 2.75) is 26.5 Å². The second-order valence-corrected chi connectivity index (χ2v) is 5.01. The van der Waals surface area contributed by atoms with Crippen molar-refractivity contribution in [1.82, 2.24) is 5.32 Å². The molecule has 22 heavy (non-hydrogen) atoms. The predicted octanol–water partition coefficient (Wildman–Crippen LogP) is 3.32. The summed E-state index contributed by atoms with van der Waals surface area (Å²) >= 11 is 0. The molecule has 0 saturated heterocycles. The van der Waals surface area contributed by atoms with E-state index in [4.69, 9.17) is 4.74 Å². The second-order valence-electron chi connectivity index (χ2n) is 5.01. The first kappa shape index (κ1) is 15.8. The second kappa shape index (κ2) is 7.41. The lowest BCUT2D eigenvalue weighted by molar-refractivity contribution is 0.0207. The van der Waals surface area contributed by atoms with Crippen LogP contribution in [0.1, 0.15) is 39.6 Å². The number of hydrogen-bond acceptors (Lipinski definition) is 3. The summed E-state index contributed by atoms with van der Waals surface area (Å²) in [5.74, 6) is -0.701. The van der Waals surface area contributed by atoms with E-state index in [-0.39, 0.29) is 5.91 Å². The molecule has 2 aromatic carbocycles. The maximum absolute atomic E-state index is 12.1. The first-order valence-corrected chi connectivity index (χ1v) is 7.23. The number of ether oxygens (including phenoxy) is 1. The van der Waals surface area contributed by atoms with E-state index in [1.807, 2.05) is 26.0 Å². The first-order chi connectivity index (χ1) is 10.6. The van der Waals surface area contributed by atoms with Crippen LogP contribution >= 0.6 is 0 Å². The summed E-state index contributed by atoms with van der Waals surface area (Å²) in [5.41, 5.74) is 2.00. The Morgan fingerprint density at radius 3 is 2.36 bits per heavy atom. The molecule has 0 radical (unpaired) electrons. The molecule has 4 nitrogen and oxygen atoms in total. The number of carbonyl (C=O) groups excluding carboxylic acids is 2. The smallest absolute Gasteiger partial charge is 0.340 e. The topological polar surface area (TPSA) is 55.4 Å². The first-order valence-electron chi connectivity index (χ1n) is 7.23. The van der Waals surface area contributed by atoms with Gasteiger partial charge in [0.25, 0.3) is 5.91 Å². The minimum absolute atomic E-state index is 0.260. The molecule has 0 aromatic heterocycles. The summed E-state index contributed by atoms with van der Waals surface area (Å²) in [6.07, 6.45) is -0.156. The maximum atomic E-state index is 12.1. The Morgan fingerprint density at radius 1 is 1.05 bits per heavy atom. The van der Waals surface area contributed by atoms with E-state index in [1.54, 1.807) is 42.5 Å². The Labute approximate surface area is 130 Å². The van der Waals surface area contributed by atoms with Gasteiger partial charge < -0.3 is 10.1 Å². The quantitative estimate of drug-likeness (QED) is 0.680. The van der Waals surface area contributed by atoms with Crippen LogP contribution in [0, 0.1) is 6.92 Å². The van der Waals surface area contributed by atoms with Crippen LogP contribution in [0.3, 0.4) is 0 Å². The minimum atomic E-state index is -0.652. The van der Waals surface area contributed by atoms with Crippen LogP contribution in [0.2, 0.25) is 0 Å². The molecule has 0 bridgehead atoms. The van der Waals surface area contributed by atoms with E-state index < -0.39 is 12.2 Å². The van der Waals surface area contributed by atoms with Crippen molar-refractivity contribution < 1.29 is 14.3 Å². The highest BCUT2D eigenvalue weighted by molar-refractivity contribution is 5.94. The molecule has 0 saturated carbocycles. The molecule has 1 N–H and O–H groups in total. The van der Waals surface area contributed by atoms with Crippen LogP contribution < -0.4 is 5.32 Å². The van der Waals surface area contributed by atoms with Gasteiger partial charge in [0, 0.05) is 12.0 Å². The van der Waals surface area contributed by atoms with E-state index in [9.17, 15) is 9.59 Å². The maximum Gasteiger partial charge on any atom is 0.340 e. The van der Waals surface area contributed by atoms with Gasteiger partial charge in [-0.3, -0.25) is 4.79 Å². The van der Waals surface area contributed by atoms with Crippen molar-refractivity contribution in [3.8, 4) is 0 Å². The zero-order chi connectivity index (χ0) is 15.9. The average molecular weight is 297 g/mol. The Bertz CT molecular complexity index is 652. The molecular weight excluding hydrogens is 278 g/mol. The molecule has 2 aromatic rings. The Hall–Kier alpha value is -2.62. The lowest BCUT2D eigenvalue weighted by atomic mass is 10.1. The summed E-state index contributed by atoms with van der Waals surface area (Å²) < 4.78 is 5.36. The highest BCUT2D eigenvalue weighted by atomic mass is 16.6. The van der Waals surface area contributed by atoms with Gasteiger partial charge in [0.05, 0.1) is 5.56 Å². The Morgan fingerprint density at radius 2 is 1.73 bits per heavy atom. The fourth-order valence-corrected chi connectivity index (χ4v) is 2.00. The van der Waals surface area contributed by atoms with Crippen LogP contribution in [0.15, 0.2) is 54.6 Å². The summed E-state index contributed by atoms with van der Waals surface area (Å²) in [6.45, 7) is 3.75. The Kier molecular flexibility index (Phi) is 5.31. The number of nitrogens with one attached hydrogen (secondary N) is 1. The summed E-state index contributed by atoms with van der Waals surface area (Å²) in [5, 5.41) is 2.72. The number of esters is 1. The number of amides is 1. The average Bonchev–Trinajstić information content (AvgIpc) is 2.54. The standard InChI is InChI=1S/C18H19NO3/c1-3-16(19-17(20)14-9-5-4-6-10-14)22-18(21)15-11-7-8-13(2)12-15/h4-12,16H,3H2,1-2H3,(H,19,20). The largest absolute Gasteiger partial charge is 0.438 e. The third-order valence-electron chi connectivity index (χ3n) is 3.20. The van der Waals surface area contributed by atoms with Crippen molar-refractivity contribution in [3.63, 3.8) is 0 Å². The molecule has 1 amide bonds. The van der Waals surface area contributed by atoms with Crippen molar-refractivity contribution in [2.24, 2.45) is 0 Å². The Balaban J connectivity index is 2.00. The van der Waals surface area contributed by atoms with Gasteiger partial charge in [-0.15, -0.1) is 0 Å². The monoisotopic (exact) mass is 297 g/mol. The van der Waals surface area contributed by atoms with Gasteiger partial charge in [0.1, 0.15) is 0 Å². The molecule has 0 aliphatic carbocycles. The molecule has 2 rings (SSSR count). The van der Waals surface area contributed by atoms with Crippen LogP contribution in [-0.2, 0) is 4.74 Å². The SMILES string of the molecule is CCC(NC(=O)c1ccccc1)OC(=O)c1cccc(C)c1. The molecule has 0 aliphatic rings. The predicted molar refractivity (Wildman–Crippen MR) is 84.6 cm³/mol. The normalized spacial score (nSPS) is 11.5. The van der Waals surface area contributed by atoms with Crippen molar-refractivity contribution in [3.05, 3.63) is 71.3 Å². The van der Waals surface area contributed by atoms with E-state index in [0.29, 0.717) is 17.5 Å². The molecule has 1 atom stereocenters. The summed E-state index contributed by atoms with van der Waals surface area (Å²) in [7, 11) is 0. The molecule has 0 fully saturated rings. The fraction of sp³-hybridized carbons (Fsp3) is 0.222. The molecule has 0 spiro atoms. The third-order valence-corrected chi connectivity index (χ3v) is 3.20.